The van der Waals surface area contributed by atoms with Crippen molar-refractivity contribution < 1.29 is 0 Å². The predicted molar refractivity (Wildman–Crippen MR) is 57.8 cm³/mol. The Bertz CT molecular complexity index is 401. The van der Waals surface area contributed by atoms with Gasteiger partial charge in [0.2, 0.25) is 4.77 Å². The van der Waals surface area contributed by atoms with Crippen LogP contribution in [0.25, 0.3) is 0 Å². The summed E-state index contributed by atoms with van der Waals surface area (Å²) in [6.07, 6.45) is 11.3. The summed E-state index contributed by atoms with van der Waals surface area (Å²) in [6, 6.07) is 0. The monoisotopic (exact) mass is 208 g/mol. The Morgan fingerprint density at radius 1 is 1.64 bits per heavy atom. The van der Waals surface area contributed by atoms with Crippen LogP contribution in [0, 0.1) is 10.7 Å². The minimum atomic E-state index is 0.535. The molecule has 0 aliphatic heterocycles. The van der Waals surface area contributed by atoms with Gasteiger partial charge in [-0.05, 0) is 37.4 Å². The van der Waals surface area contributed by atoms with Gasteiger partial charge in [-0.15, -0.1) is 0 Å². The summed E-state index contributed by atoms with van der Waals surface area (Å²) in [4.78, 5) is 0. The van der Waals surface area contributed by atoms with E-state index in [9.17, 15) is 0 Å². The molecule has 1 unspecified atom stereocenters. The maximum absolute atomic E-state index is 4.97. The second kappa shape index (κ2) is 4.32. The molecule has 1 aromatic heterocycles. The number of hydrogen-bond acceptors (Lipinski definition) is 3. The van der Waals surface area contributed by atoms with Gasteiger partial charge in [-0.1, -0.05) is 12.2 Å². The van der Waals surface area contributed by atoms with Crippen LogP contribution in [0.2, 0.25) is 0 Å². The zero-order chi connectivity index (χ0) is 9.80. The van der Waals surface area contributed by atoms with Crippen LogP contribution in [0.5, 0.6) is 0 Å². The fraction of sp³-hybridized carbons (Fsp3) is 0.444. The molecule has 0 saturated heterocycles. The fourth-order valence-electron chi connectivity index (χ4n) is 1.44. The quantitative estimate of drug-likeness (QED) is 0.460. The van der Waals surface area contributed by atoms with Gasteiger partial charge >= 0.3 is 0 Å². The van der Waals surface area contributed by atoms with E-state index in [4.69, 9.17) is 12.2 Å². The van der Waals surface area contributed by atoms with E-state index >= 15 is 0 Å². The summed E-state index contributed by atoms with van der Waals surface area (Å²) in [5.41, 5.74) is 0. The topological polar surface area (TPSA) is 46.0 Å². The Morgan fingerprint density at radius 3 is 3.21 bits per heavy atom. The van der Waals surface area contributed by atoms with Crippen LogP contribution >= 0.6 is 12.2 Å². The van der Waals surface area contributed by atoms with E-state index in [0.717, 1.165) is 12.8 Å². The van der Waals surface area contributed by atoms with E-state index < -0.39 is 0 Å². The average Bonchev–Trinajstić information content (AvgIpc) is 2.63. The van der Waals surface area contributed by atoms with Gasteiger partial charge in [-0.25, -0.2) is 0 Å². The van der Waals surface area contributed by atoms with E-state index in [2.05, 4.69) is 27.5 Å². The van der Waals surface area contributed by atoms with E-state index in [1.165, 1.54) is 6.42 Å². The Labute approximate surface area is 87.3 Å². The highest BCUT2D eigenvalue weighted by molar-refractivity contribution is 7.71. The van der Waals surface area contributed by atoms with E-state index in [1.54, 1.807) is 11.0 Å². The zero-order valence-corrected chi connectivity index (χ0v) is 8.57. The second-order valence-electron chi connectivity index (χ2n) is 3.32. The standard InChI is InChI=1S/C9H12N4S/c14-9-12-10-7-13(9)11-6-8-4-2-1-3-5-8/h1-2,6-8H,3-5H2,(H,12,14)/b11-6+. The summed E-state index contributed by atoms with van der Waals surface area (Å²) >= 11 is 4.97. The molecule has 1 heterocycles. The van der Waals surface area contributed by atoms with Crippen molar-refractivity contribution in [1.29, 1.82) is 0 Å². The first-order valence-electron chi connectivity index (χ1n) is 4.68. The van der Waals surface area contributed by atoms with Crippen LogP contribution in [-0.2, 0) is 0 Å². The third kappa shape index (κ3) is 2.17. The summed E-state index contributed by atoms with van der Waals surface area (Å²) in [6.45, 7) is 0. The van der Waals surface area contributed by atoms with Crippen LogP contribution in [0.3, 0.4) is 0 Å². The molecule has 0 spiro atoms. The molecule has 74 valence electrons. The maximum atomic E-state index is 4.97. The molecular weight excluding hydrogens is 196 g/mol. The van der Waals surface area contributed by atoms with Crippen molar-refractivity contribution in [2.24, 2.45) is 11.0 Å². The first kappa shape index (κ1) is 9.33. The number of aromatic nitrogens is 3. The molecule has 1 atom stereocenters. The molecular formula is C9H12N4S. The van der Waals surface area contributed by atoms with E-state index in [1.807, 2.05) is 6.21 Å². The largest absolute Gasteiger partial charge is 0.250 e. The van der Waals surface area contributed by atoms with Gasteiger partial charge in [0.05, 0.1) is 0 Å². The second-order valence-corrected chi connectivity index (χ2v) is 3.70. The van der Waals surface area contributed by atoms with Crippen molar-refractivity contribution in [2.75, 3.05) is 0 Å². The van der Waals surface area contributed by atoms with Gasteiger partial charge in [-0.2, -0.15) is 14.9 Å². The van der Waals surface area contributed by atoms with Crippen molar-refractivity contribution >= 4 is 18.4 Å². The number of H-pyrrole nitrogens is 1. The lowest BCUT2D eigenvalue weighted by atomic mass is 9.96. The number of allylic oxidation sites excluding steroid dienone is 2. The highest BCUT2D eigenvalue weighted by Gasteiger charge is 2.06. The van der Waals surface area contributed by atoms with Gasteiger partial charge in [0.1, 0.15) is 6.33 Å². The van der Waals surface area contributed by atoms with E-state index in [-0.39, 0.29) is 0 Å². The number of nitrogens with one attached hydrogen (secondary N) is 1. The van der Waals surface area contributed by atoms with Gasteiger partial charge < -0.3 is 0 Å². The molecule has 0 aromatic carbocycles. The molecule has 14 heavy (non-hydrogen) atoms. The molecule has 2 rings (SSSR count). The molecule has 1 aliphatic rings. The lowest BCUT2D eigenvalue weighted by molar-refractivity contribution is 0.622. The lowest BCUT2D eigenvalue weighted by Crippen LogP contribution is -2.04. The third-order valence-electron chi connectivity index (χ3n) is 2.25. The van der Waals surface area contributed by atoms with E-state index in [0.29, 0.717) is 10.7 Å². The molecule has 1 N–H and O–H groups in total. The summed E-state index contributed by atoms with van der Waals surface area (Å²) in [5.74, 6) is 0.539. The number of hydrogen-bond donors (Lipinski definition) is 1. The Morgan fingerprint density at radius 2 is 2.57 bits per heavy atom. The van der Waals surface area contributed by atoms with Gasteiger partial charge in [0.25, 0.3) is 0 Å². The molecule has 1 aliphatic carbocycles. The minimum absolute atomic E-state index is 0.535. The number of rotatable bonds is 2. The fourth-order valence-corrected chi connectivity index (χ4v) is 1.59. The smallest absolute Gasteiger partial charge is 0.216 e. The predicted octanol–water partition coefficient (Wildman–Crippen LogP) is 2.13. The van der Waals surface area contributed by atoms with Gasteiger partial charge in [0, 0.05) is 6.21 Å². The molecule has 0 radical (unpaired) electrons. The van der Waals surface area contributed by atoms with Crippen molar-refractivity contribution in [2.45, 2.75) is 19.3 Å². The maximum Gasteiger partial charge on any atom is 0.216 e. The molecule has 0 fully saturated rings. The van der Waals surface area contributed by atoms with Crippen molar-refractivity contribution in [3.63, 3.8) is 0 Å². The van der Waals surface area contributed by atoms with Crippen LogP contribution in [0.15, 0.2) is 23.6 Å². The first-order valence-corrected chi connectivity index (χ1v) is 5.08. The molecule has 0 amide bonds. The average molecular weight is 208 g/mol. The Kier molecular flexibility index (Phi) is 2.88. The highest BCUT2D eigenvalue weighted by Crippen LogP contribution is 2.15. The molecule has 1 aromatic rings. The summed E-state index contributed by atoms with van der Waals surface area (Å²) < 4.78 is 2.11. The van der Waals surface area contributed by atoms with Crippen molar-refractivity contribution in [3.8, 4) is 0 Å². The van der Waals surface area contributed by atoms with Gasteiger partial charge in [-0.3, -0.25) is 5.10 Å². The van der Waals surface area contributed by atoms with Crippen LogP contribution in [0.1, 0.15) is 19.3 Å². The summed E-state index contributed by atoms with van der Waals surface area (Å²) in [7, 11) is 0. The molecule has 5 heteroatoms. The molecule has 0 saturated carbocycles. The minimum Gasteiger partial charge on any atom is -0.250 e. The Hall–Kier alpha value is -1.23. The van der Waals surface area contributed by atoms with Crippen LogP contribution in [-0.4, -0.2) is 21.1 Å². The summed E-state index contributed by atoms with van der Waals surface area (Å²) in [5, 5.41) is 10.7. The first-order chi connectivity index (χ1) is 6.86. The zero-order valence-electron chi connectivity index (χ0n) is 7.76. The highest BCUT2D eigenvalue weighted by atomic mass is 32.1. The van der Waals surface area contributed by atoms with Gasteiger partial charge in [0.15, 0.2) is 0 Å². The SMILES string of the molecule is S=c1[nH]ncn1/N=C/C1CC=CCC1. The molecule has 0 bridgehead atoms. The van der Waals surface area contributed by atoms with Crippen molar-refractivity contribution in [3.05, 3.63) is 23.3 Å². The molecule has 4 nitrogen and oxygen atoms in total. The van der Waals surface area contributed by atoms with Crippen molar-refractivity contribution in [1.82, 2.24) is 14.9 Å². The third-order valence-corrected chi connectivity index (χ3v) is 2.53. The number of nitrogens with zero attached hydrogens (tertiary/aromatic N) is 3. The number of aromatic amines is 1. The lowest BCUT2D eigenvalue weighted by Gasteiger charge is -2.11. The van der Waals surface area contributed by atoms with Crippen LogP contribution in [0.4, 0.5) is 0 Å². The Balaban J connectivity index is 2.03. The van der Waals surface area contributed by atoms with Crippen LogP contribution < -0.4 is 0 Å². The normalized spacial score (nSPS) is 21.9.